The van der Waals surface area contributed by atoms with Crippen molar-refractivity contribution >= 4 is 33.4 Å². The predicted molar refractivity (Wildman–Crippen MR) is 269 cm³/mol. The van der Waals surface area contributed by atoms with Crippen molar-refractivity contribution in [2.24, 2.45) is 0 Å². The first-order valence-electron chi connectivity index (χ1n) is 25.4. The number of esters is 2. The van der Waals surface area contributed by atoms with E-state index in [0.29, 0.717) is 32.1 Å². The number of ether oxygens (including phenoxy) is 2. The molecule has 402 valence electrons. The summed E-state index contributed by atoms with van der Waals surface area (Å²) in [5.41, 5.74) is 0. The molecule has 0 saturated heterocycles. The summed E-state index contributed by atoms with van der Waals surface area (Å²) in [5.74, 6) is -1.18. The van der Waals surface area contributed by atoms with Gasteiger partial charge in [-0.05, 0) is 76.7 Å². The topological polar surface area (TPSA) is 273 Å². The van der Waals surface area contributed by atoms with Gasteiger partial charge in [0, 0.05) is 19.3 Å². The Balaban J connectivity index is 2.61. The molecule has 0 bridgehead atoms. The van der Waals surface area contributed by atoms with Gasteiger partial charge < -0.3 is 44.6 Å². The van der Waals surface area contributed by atoms with Gasteiger partial charge in [0.1, 0.15) is 43.2 Å². The number of hydrogen-bond acceptors (Lipinski definition) is 14. The van der Waals surface area contributed by atoms with E-state index >= 15 is 0 Å². The van der Waals surface area contributed by atoms with E-state index in [1.54, 1.807) is 12.2 Å². The molecule has 1 saturated carbocycles. The first kappa shape index (κ1) is 65.1. The van der Waals surface area contributed by atoms with Crippen LogP contribution < -0.4 is 0 Å². The summed E-state index contributed by atoms with van der Waals surface area (Å²) < 4.78 is 49.4. The largest absolute Gasteiger partial charge is 0.472 e. The standard InChI is InChI=1S/C51H86O17P2/c1-3-5-7-8-9-10-11-12-13-14-15-16-17-18-21-25-28-31-35-39-45(54)66-43(41-65-70(62,63)68-51-48(57)46(55)47(56)50(49(51)58)67-69(59,60)61)40-64-44(53)38-34-30-27-24-22-19-20-23-26-29-33-37-42(52)36-32-6-4-2/h9-10,12-13,19-20,24,26-27,29,33,37,43,46-51,55-58H,3-8,11,14-18,21-23,25,28,30-32,34-36,38-41H2,1-2H3,(H,62,63)(H2,59,60,61)/b10-9-,13-12-,20-19-,27-24-,29-26-,37-33+/t43-,46?,47?,48?,49?,50-,51+/m1/s1. The molecule has 1 fully saturated rings. The molecule has 19 heteroatoms. The molecule has 1 aliphatic rings. The Kier molecular flexibility index (Phi) is 37.7. The van der Waals surface area contributed by atoms with Gasteiger partial charge in [-0.1, -0.05) is 151 Å². The molecule has 0 aromatic rings. The van der Waals surface area contributed by atoms with Crippen molar-refractivity contribution in [2.75, 3.05) is 13.2 Å². The number of rotatable bonds is 42. The minimum absolute atomic E-state index is 0.0124. The summed E-state index contributed by atoms with van der Waals surface area (Å²) in [6.07, 6.45) is 31.2. The van der Waals surface area contributed by atoms with Crippen LogP contribution in [0, 0.1) is 0 Å². The molecule has 0 aromatic carbocycles. The van der Waals surface area contributed by atoms with E-state index in [4.69, 9.17) is 18.5 Å². The number of aliphatic hydroxyl groups is 4. The maximum absolute atomic E-state index is 13.0. The minimum Gasteiger partial charge on any atom is -0.462 e. The molecule has 7 N–H and O–H groups in total. The van der Waals surface area contributed by atoms with Crippen LogP contribution >= 0.6 is 15.6 Å². The van der Waals surface area contributed by atoms with Crippen LogP contribution in [0.25, 0.3) is 0 Å². The Bertz CT molecular complexity index is 1690. The highest BCUT2D eigenvalue weighted by atomic mass is 31.2. The molecule has 8 atom stereocenters. The normalized spacial score (nSPS) is 21.5. The van der Waals surface area contributed by atoms with Gasteiger partial charge in [-0.15, -0.1) is 0 Å². The first-order valence-corrected chi connectivity index (χ1v) is 28.5. The highest BCUT2D eigenvalue weighted by Gasteiger charge is 2.54. The molecule has 0 amide bonds. The second-order valence-corrected chi connectivity index (χ2v) is 20.2. The van der Waals surface area contributed by atoms with Crippen LogP contribution in [0.5, 0.6) is 0 Å². The van der Waals surface area contributed by atoms with Crippen molar-refractivity contribution in [3.8, 4) is 0 Å². The number of ketones is 1. The Morgan fingerprint density at radius 1 is 0.500 bits per heavy atom. The van der Waals surface area contributed by atoms with E-state index in [9.17, 15) is 58.6 Å². The summed E-state index contributed by atoms with van der Waals surface area (Å²) in [6.45, 7) is 2.88. The van der Waals surface area contributed by atoms with Gasteiger partial charge in [0.25, 0.3) is 0 Å². The van der Waals surface area contributed by atoms with Crippen LogP contribution in [0.15, 0.2) is 72.9 Å². The van der Waals surface area contributed by atoms with E-state index in [2.05, 4.69) is 42.7 Å². The smallest absolute Gasteiger partial charge is 0.462 e. The van der Waals surface area contributed by atoms with Crippen molar-refractivity contribution in [1.29, 1.82) is 0 Å². The molecule has 5 unspecified atom stereocenters. The lowest BCUT2D eigenvalue weighted by Crippen LogP contribution is -2.64. The maximum Gasteiger partial charge on any atom is 0.472 e. The van der Waals surface area contributed by atoms with Crippen LogP contribution in [0.2, 0.25) is 0 Å². The summed E-state index contributed by atoms with van der Waals surface area (Å²) in [6, 6.07) is 0. The van der Waals surface area contributed by atoms with Crippen LogP contribution in [-0.2, 0) is 46.6 Å². The van der Waals surface area contributed by atoms with Crippen LogP contribution in [-0.4, -0.2) is 109 Å². The summed E-state index contributed by atoms with van der Waals surface area (Å²) in [5, 5.41) is 41.3. The van der Waals surface area contributed by atoms with Crippen LogP contribution in [0.4, 0.5) is 0 Å². The zero-order chi connectivity index (χ0) is 51.9. The lowest BCUT2D eigenvalue weighted by atomic mass is 9.85. The minimum atomic E-state index is -5.38. The number of carbonyl (C=O) groups excluding carboxylic acids is 3. The van der Waals surface area contributed by atoms with E-state index < -0.39 is 83.5 Å². The van der Waals surface area contributed by atoms with E-state index in [1.165, 1.54) is 38.5 Å². The average molecular weight is 1030 g/mol. The molecule has 0 spiro atoms. The Hall–Kier alpha value is -2.89. The van der Waals surface area contributed by atoms with Crippen LogP contribution in [0.1, 0.15) is 174 Å². The lowest BCUT2D eigenvalue weighted by molar-refractivity contribution is -0.216. The highest BCUT2D eigenvalue weighted by molar-refractivity contribution is 7.47. The summed E-state index contributed by atoms with van der Waals surface area (Å²) >= 11 is 0. The van der Waals surface area contributed by atoms with Gasteiger partial charge in [-0.2, -0.15) is 0 Å². The maximum atomic E-state index is 13.0. The molecular formula is C51H86O17P2. The van der Waals surface area contributed by atoms with Gasteiger partial charge in [-0.3, -0.25) is 28.0 Å². The molecule has 1 rings (SSSR count). The SMILES string of the molecule is CCCCC/C=C\C/C=C\CCCCCCCCCCCC(=O)O[C@H](COC(=O)CCC/C=C\C/C=C\C/C=C\C=C\C(=O)CCCCC)COP(=O)(O)O[C@H]1C(O)C(O)C(O)[C@@H](OP(=O)(O)O)C1O. The fraction of sp³-hybridized carbons (Fsp3) is 0.706. The summed E-state index contributed by atoms with van der Waals surface area (Å²) in [7, 11) is -10.7. The number of carbonyl (C=O) groups is 3. The highest BCUT2D eigenvalue weighted by Crippen LogP contribution is 2.49. The fourth-order valence-electron chi connectivity index (χ4n) is 7.24. The van der Waals surface area contributed by atoms with Crippen molar-refractivity contribution in [3.05, 3.63) is 72.9 Å². The molecule has 0 aliphatic heterocycles. The quantitative estimate of drug-likeness (QED) is 0.00748. The van der Waals surface area contributed by atoms with Gasteiger partial charge in [-0.25, -0.2) is 9.13 Å². The van der Waals surface area contributed by atoms with Crippen molar-refractivity contribution < 1.29 is 81.7 Å². The summed E-state index contributed by atoms with van der Waals surface area (Å²) in [4.78, 5) is 66.1. The zero-order valence-electron chi connectivity index (χ0n) is 41.7. The number of hydrogen-bond donors (Lipinski definition) is 7. The Morgan fingerprint density at radius 2 is 0.971 bits per heavy atom. The number of phosphoric acid groups is 2. The van der Waals surface area contributed by atoms with Crippen molar-refractivity contribution in [3.63, 3.8) is 0 Å². The van der Waals surface area contributed by atoms with E-state index in [0.717, 1.165) is 77.0 Å². The molecule has 0 aromatic heterocycles. The number of unbranched alkanes of at least 4 members (excludes halogenated alkanes) is 15. The molecule has 1 aliphatic carbocycles. The predicted octanol–water partition coefficient (Wildman–Crippen LogP) is 9.58. The second-order valence-electron chi connectivity index (χ2n) is 17.6. The second kappa shape index (κ2) is 40.6. The molecule has 0 radical (unpaired) electrons. The van der Waals surface area contributed by atoms with Crippen molar-refractivity contribution in [1.82, 2.24) is 0 Å². The monoisotopic (exact) mass is 1030 g/mol. The number of allylic oxidation sites excluding steroid dienone is 12. The van der Waals surface area contributed by atoms with Crippen LogP contribution in [0.3, 0.4) is 0 Å². The Labute approximate surface area is 417 Å². The Morgan fingerprint density at radius 3 is 1.56 bits per heavy atom. The van der Waals surface area contributed by atoms with Gasteiger partial charge in [0.15, 0.2) is 11.9 Å². The average Bonchev–Trinajstić information content (AvgIpc) is 3.31. The third-order valence-electron chi connectivity index (χ3n) is 11.2. The molecule has 0 heterocycles. The van der Waals surface area contributed by atoms with Crippen molar-refractivity contribution in [2.45, 2.75) is 217 Å². The first-order chi connectivity index (χ1) is 33.5. The number of aliphatic hydroxyl groups excluding tert-OH is 4. The van der Waals surface area contributed by atoms with Gasteiger partial charge in [0.05, 0.1) is 6.61 Å². The third kappa shape index (κ3) is 34.5. The number of phosphoric ester groups is 2. The molecule has 70 heavy (non-hydrogen) atoms. The van der Waals surface area contributed by atoms with E-state index in [-0.39, 0.29) is 18.6 Å². The van der Waals surface area contributed by atoms with E-state index in [1.807, 2.05) is 36.5 Å². The zero-order valence-corrected chi connectivity index (χ0v) is 43.5. The molecule has 17 nitrogen and oxygen atoms in total. The van der Waals surface area contributed by atoms with Gasteiger partial charge in [0.2, 0.25) is 0 Å². The van der Waals surface area contributed by atoms with Gasteiger partial charge >= 0.3 is 27.6 Å². The third-order valence-corrected chi connectivity index (χ3v) is 12.7. The fourth-order valence-corrected chi connectivity index (χ4v) is 8.78. The molecular weight excluding hydrogens is 946 g/mol. The lowest BCUT2D eigenvalue weighted by Gasteiger charge is -2.43.